The highest BCUT2D eigenvalue weighted by Crippen LogP contribution is 2.49. The lowest BCUT2D eigenvalue weighted by atomic mass is 9.94. The van der Waals surface area contributed by atoms with Gasteiger partial charge in [-0.2, -0.15) is 0 Å². The molecule has 0 saturated heterocycles. The van der Waals surface area contributed by atoms with Crippen molar-refractivity contribution < 1.29 is 13.2 Å². The van der Waals surface area contributed by atoms with Gasteiger partial charge in [0.2, 0.25) is 5.91 Å². The Bertz CT molecular complexity index is 1090. The molecule has 0 heterocycles. The average Bonchev–Trinajstić information content (AvgIpc) is 3.57. The van der Waals surface area contributed by atoms with Crippen molar-refractivity contribution in [2.75, 3.05) is 4.72 Å². The second-order valence-electron chi connectivity index (χ2n) is 9.63. The van der Waals surface area contributed by atoms with Crippen molar-refractivity contribution in [3.05, 3.63) is 58.7 Å². The van der Waals surface area contributed by atoms with Gasteiger partial charge in [0.05, 0.1) is 10.3 Å². The van der Waals surface area contributed by atoms with Crippen LogP contribution in [0.5, 0.6) is 0 Å². The minimum absolute atomic E-state index is 0.128. The fourth-order valence-electron chi connectivity index (χ4n) is 4.81. The van der Waals surface area contributed by atoms with Crippen molar-refractivity contribution in [3.63, 3.8) is 0 Å². The number of anilines is 1. The summed E-state index contributed by atoms with van der Waals surface area (Å²) in [6, 6.07) is 11.2. The van der Waals surface area contributed by atoms with Gasteiger partial charge in [0.15, 0.2) is 0 Å². The maximum Gasteiger partial charge on any atom is 0.262 e. The third-order valence-corrected chi connectivity index (χ3v) is 8.67. The highest BCUT2D eigenvalue weighted by atomic mass is 32.2. The number of hydrogen-bond donors (Lipinski definition) is 2. The highest BCUT2D eigenvalue weighted by Gasteiger charge is 2.51. The molecule has 172 valence electrons. The van der Waals surface area contributed by atoms with Gasteiger partial charge in [0.1, 0.15) is 0 Å². The zero-order valence-corrected chi connectivity index (χ0v) is 20.1. The molecular formula is C26H34N2O3S. The number of rotatable bonds is 6. The first-order valence-corrected chi connectivity index (χ1v) is 13.2. The van der Waals surface area contributed by atoms with E-state index >= 15 is 0 Å². The first-order valence-electron chi connectivity index (χ1n) is 11.7. The number of carbonyl (C=O) groups excluding carboxylic acids is 1. The topological polar surface area (TPSA) is 75.3 Å². The van der Waals surface area contributed by atoms with E-state index in [4.69, 9.17) is 0 Å². The number of amides is 1. The molecule has 6 heteroatoms. The molecule has 0 aliphatic heterocycles. The summed E-state index contributed by atoms with van der Waals surface area (Å²) in [6.07, 6.45) is 8.73. The maximum absolute atomic E-state index is 13.1. The molecular weight excluding hydrogens is 420 g/mol. The SMILES string of the molecule is Cc1cc(C)c(S(=O)(=O)Nc2ccc(C3(C(=O)NC4CCCCCC4)CC3)cc2)cc1C. The molecule has 2 aromatic rings. The lowest BCUT2D eigenvalue weighted by Crippen LogP contribution is -2.41. The molecule has 2 N–H and O–H groups in total. The fraction of sp³-hybridized carbons (Fsp3) is 0.500. The standard InChI is InChI=1S/C26H34N2O3S/c1-18-16-20(3)24(17-19(18)2)32(30,31)28-23-12-10-21(11-13-23)26(14-15-26)25(29)27-22-8-6-4-5-7-9-22/h10-13,16-17,22,28H,4-9,14-15H2,1-3H3,(H,27,29). The molecule has 0 aromatic heterocycles. The number of aryl methyl sites for hydroxylation is 3. The summed E-state index contributed by atoms with van der Waals surface area (Å²) >= 11 is 0. The van der Waals surface area contributed by atoms with E-state index in [2.05, 4.69) is 10.0 Å². The van der Waals surface area contributed by atoms with Crippen molar-refractivity contribution in [3.8, 4) is 0 Å². The van der Waals surface area contributed by atoms with E-state index in [-0.39, 0.29) is 11.9 Å². The summed E-state index contributed by atoms with van der Waals surface area (Å²) in [6.45, 7) is 5.70. The van der Waals surface area contributed by atoms with Gasteiger partial charge in [-0.1, -0.05) is 43.9 Å². The minimum Gasteiger partial charge on any atom is -0.353 e. The van der Waals surface area contributed by atoms with E-state index in [1.54, 1.807) is 18.2 Å². The second kappa shape index (κ2) is 8.89. The summed E-state index contributed by atoms with van der Waals surface area (Å²) in [5.41, 5.74) is 3.77. The van der Waals surface area contributed by atoms with Crippen LogP contribution in [0.2, 0.25) is 0 Å². The Morgan fingerprint density at radius 3 is 2.06 bits per heavy atom. The monoisotopic (exact) mass is 454 g/mol. The van der Waals surface area contributed by atoms with Gasteiger partial charge < -0.3 is 5.32 Å². The van der Waals surface area contributed by atoms with Crippen LogP contribution in [-0.4, -0.2) is 20.4 Å². The van der Waals surface area contributed by atoms with Crippen molar-refractivity contribution in [1.29, 1.82) is 0 Å². The molecule has 0 bridgehead atoms. The Morgan fingerprint density at radius 1 is 0.875 bits per heavy atom. The van der Waals surface area contributed by atoms with Crippen molar-refractivity contribution in [2.45, 2.75) is 88.5 Å². The zero-order valence-electron chi connectivity index (χ0n) is 19.3. The molecule has 5 nitrogen and oxygen atoms in total. The summed E-state index contributed by atoms with van der Waals surface area (Å²) in [7, 11) is -3.68. The first kappa shape index (κ1) is 22.8. The van der Waals surface area contributed by atoms with Crippen LogP contribution < -0.4 is 10.0 Å². The zero-order chi connectivity index (χ0) is 22.9. The first-order chi connectivity index (χ1) is 15.2. The molecule has 2 saturated carbocycles. The van der Waals surface area contributed by atoms with Crippen LogP contribution in [0.3, 0.4) is 0 Å². The fourth-order valence-corrected chi connectivity index (χ4v) is 6.18. The number of nitrogens with one attached hydrogen (secondary N) is 2. The number of carbonyl (C=O) groups is 1. The van der Waals surface area contributed by atoms with E-state index in [1.165, 1.54) is 25.7 Å². The smallest absolute Gasteiger partial charge is 0.262 e. The molecule has 32 heavy (non-hydrogen) atoms. The molecule has 0 radical (unpaired) electrons. The van der Waals surface area contributed by atoms with Crippen LogP contribution in [0.25, 0.3) is 0 Å². The predicted octanol–water partition coefficient (Wildman–Crippen LogP) is 5.28. The molecule has 2 aliphatic rings. The van der Waals surface area contributed by atoms with Crippen molar-refractivity contribution in [1.82, 2.24) is 5.32 Å². The van der Waals surface area contributed by atoms with Crippen LogP contribution in [0, 0.1) is 20.8 Å². The van der Waals surface area contributed by atoms with Crippen molar-refractivity contribution >= 4 is 21.6 Å². The molecule has 0 atom stereocenters. The molecule has 0 unspecified atom stereocenters. The highest BCUT2D eigenvalue weighted by molar-refractivity contribution is 7.92. The Hall–Kier alpha value is -2.34. The number of hydrogen-bond acceptors (Lipinski definition) is 3. The van der Waals surface area contributed by atoms with Crippen LogP contribution in [0.1, 0.15) is 73.6 Å². The predicted molar refractivity (Wildman–Crippen MR) is 128 cm³/mol. The van der Waals surface area contributed by atoms with E-state index in [9.17, 15) is 13.2 Å². The van der Waals surface area contributed by atoms with Crippen LogP contribution in [0.4, 0.5) is 5.69 Å². The molecule has 0 spiro atoms. The molecule has 1 amide bonds. The van der Waals surface area contributed by atoms with Crippen LogP contribution >= 0.6 is 0 Å². The quantitative estimate of drug-likeness (QED) is 0.583. The van der Waals surface area contributed by atoms with Crippen molar-refractivity contribution in [2.24, 2.45) is 0 Å². The van der Waals surface area contributed by atoms with Crippen LogP contribution in [-0.2, 0) is 20.2 Å². The number of sulfonamides is 1. The van der Waals surface area contributed by atoms with Gasteiger partial charge in [0, 0.05) is 11.7 Å². The normalized spacial score (nSPS) is 18.6. The van der Waals surface area contributed by atoms with E-state index in [0.29, 0.717) is 10.6 Å². The van der Waals surface area contributed by atoms with E-state index < -0.39 is 15.4 Å². The Labute approximate surface area is 192 Å². The minimum atomic E-state index is -3.68. The molecule has 4 rings (SSSR count). The van der Waals surface area contributed by atoms with Gasteiger partial charge >= 0.3 is 0 Å². The van der Waals surface area contributed by atoms with Gasteiger partial charge in [0.25, 0.3) is 10.0 Å². The third kappa shape index (κ3) is 4.70. The summed E-state index contributed by atoms with van der Waals surface area (Å²) in [5.74, 6) is 0.128. The third-order valence-electron chi connectivity index (χ3n) is 7.15. The van der Waals surface area contributed by atoms with E-state index in [1.807, 2.05) is 39.0 Å². The van der Waals surface area contributed by atoms with Crippen LogP contribution in [0.15, 0.2) is 41.3 Å². The Kier molecular flexibility index (Phi) is 6.35. The van der Waals surface area contributed by atoms with Gasteiger partial charge in [-0.25, -0.2) is 8.42 Å². The van der Waals surface area contributed by atoms with Gasteiger partial charge in [-0.3, -0.25) is 9.52 Å². The second-order valence-corrected chi connectivity index (χ2v) is 11.3. The van der Waals surface area contributed by atoms with Gasteiger partial charge in [-0.05, 0) is 86.9 Å². The average molecular weight is 455 g/mol. The van der Waals surface area contributed by atoms with E-state index in [0.717, 1.165) is 47.9 Å². The van der Waals surface area contributed by atoms with Gasteiger partial charge in [-0.15, -0.1) is 0 Å². The number of benzene rings is 2. The lowest BCUT2D eigenvalue weighted by molar-refractivity contribution is -0.124. The summed E-state index contributed by atoms with van der Waals surface area (Å²) in [5, 5.41) is 3.30. The summed E-state index contributed by atoms with van der Waals surface area (Å²) < 4.78 is 28.6. The molecule has 2 fully saturated rings. The Balaban J connectivity index is 1.47. The largest absolute Gasteiger partial charge is 0.353 e. The molecule has 2 aliphatic carbocycles. The maximum atomic E-state index is 13.1. The molecule has 2 aromatic carbocycles. The Morgan fingerprint density at radius 2 is 1.47 bits per heavy atom. The lowest BCUT2D eigenvalue weighted by Gasteiger charge is -2.22. The summed E-state index contributed by atoms with van der Waals surface area (Å²) in [4.78, 5) is 13.4.